The fraction of sp³-hybridized carbons (Fsp3) is 1.00. The largest absolute Gasteiger partial charge is 0.298 e. The van der Waals surface area contributed by atoms with Crippen molar-refractivity contribution < 1.29 is 0 Å². The van der Waals surface area contributed by atoms with Crippen molar-refractivity contribution in [3.8, 4) is 0 Å². The third-order valence-corrected chi connectivity index (χ3v) is 5.48. The summed E-state index contributed by atoms with van der Waals surface area (Å²) in [6.45, 7) is 7.84. The van der Waals surface area contributed by atoms with E-state index in [4.69, 9.17) is 0 Å². The third-order valence-electron chi connectivity index (χ3n) is 5.48. The molecule has 0 aromatic carbocycles. The summed E-state index contributed by atoms with van der Waals surface area (Å²) in [6, 6.07) is 1.83. The zero-order valence-corrected chi connectivity index (χ0v) is 11.4. The van der Waals surface area contributed by atoms with E-state index in [1.165, 1.54) is 71.1 Å². The normalized spacial score (nSPS) is 40.4. The summed E-state index contributed by atoms with van der Waals surface area (Å²) in [5, 5.41) is 0. The first kappa shape index (κ1) is 12.0. The summed E-state index contributed by atoms with van der Waals surface area (Å²) < 4.78 is 0. The lowest BCUT2D eigenvalue weighted by molar-refractivity contribution is 0.0310. The van der Waals surface area contributed by atoms with E-state index < -0.39 is 0 Å². The van der Waals surface area contributed by atoms with Crippen LogP contribution >= 0.6 is 0 Å². The van der Waals surface area contributed by atoms with E-state index in [1.54, 1.807) is 0 Å². The minimum Gasteiger partial charge on any atom is -0.298 e. The van der Waals surface area contributed by atoms with Crippen molar-refractivity contribution in [2.45, 2.75) is 64.0 Å². The molecule has 3 rings (SSSR count). The van der Waals surface area contributed by atoms with Crippen molar-refractivity contribution in [2.75, 3.05) is 26.2 Å². The van der Waals surface area contributed by atoms with Crippen molar-refractivity contribution in [3.05, 3.63) is 0 Å². The molecule has 0 bridgehead atoms. The quantitative estimate of drug-likeness (QED) is 0.727. The highest BCUT2D eigenvalue weighted by Crippen LogP contribution is 2.33. The molecule has 98 valence electrons. The fourth-order valence-corrected chi connectivity index (χ4v) is 4.46. The van der Waals surface area contributed by atoms with Crippen molar-refractivity contribution in [2.24, 2.45) is 5.92 Å². The first-order chi connectivity index (χ1) is 8.38. The van der Waals surface area contributed by atoms with Gasteiger partial charge in [-0.15, -0.1) is 0 Å². The van der Waals surface area contributed by atoms with Gasteiger partial charge in [-0.2, -0.15) is 0 Å². The molecule has 3 fully saturated rings. The van der Waals surface area contributed by atoms with Crippen LogP contribution in [-0.2, 0) is 0 Å². The lowest BCUT2D eigenvalue weighted by atomic mass is 9.81. The van der Waals surface area contributed by atoms with Crippen LogP contribution < -0.4 is 0 Å². The summed E-state index contributed by atoms with van der Waals surface area (Å²) in [7, 11) is 0. The minimum absolute atomic E-state index is 0.906. The SMILES string of the molecule is CCC1CCCCC1N1CCN2CCCC2C1. The molecular formula is C15H28N2. The smallest absolute Gasteiger partial charge is 0.0224 e. The van der Waals surface area contributed by atoms with E-state index in [0.717, 1.165) is 18.0 Å². The van der Waals surface area contributed by atoms with Crippen LogP contribution in [0.3, 0.4) is 0 Å². The first-order valence-electron chi connectivity index (χ1n) is 7.86. The molecule has 0 amide bonds. The average molecular weight is 236 g/mol. The summed E-state index contributed by atoms with van der Waals surface area (Å²) >= 11 is 0. The van der Waals surface area contributed by atoms with Gasteiger partial charge in [0.25, 0.3) is 0 Å². The van der Waals surface area contributed by atoms with Crippen LogP contribution in [0.25, 0.3) is 0 Å². The minimum atomic E-state index is 0.906. The molecule has 0 N–H and O–H groups in total. The number of fused-ring (bicyclic) bond motifs is 1. The van der Waals surface area contributed by atoms with Crippen molar-refractivity contribution in [3.63, 3.8) is 0 Å². The lowest BCUT2D eigenvalue weighted by Gasteiger charge is -2.45. The van der Waals surface area contributed by atoms with E-state index >= 15 is 0 Å². The molecule has 17 heavy (non-hydrogen) atoms. The Kier molecular flexibility index (Phi) is 3.72. The molecule has 1 saturated carbocycles. The van der Waals surface area contributed by atoms with E-state index in [9.17, 15) is 0 Å². The maximum Gasteiger partial charge on any atom is 0.0224 e. The molecule has 2 nitrogen and oxygen atoms in total. The molecule has 2 heteroatoms. The van der Waals surface area contributed by atoms with Gasteiger partial charge in [0, 0.05) is 31.7 Å². The summed E-state index contributed by atoms with van der Waals surface area (Å²) in [6.07, 6.45) is 10.2. The predicted octanol–water partition coefficient (Wildman–Crippen LogP) is 2.74. The average Bonchev–Trinajstić information content (AvgIpc) is 2.85. The molecule has 0 radical (unpaired) electrons. The number of piperazine rings is 1. The lowest BCUT2D eigenvalue weighted by Crippen LogP contribution is -2.55. The maximum atomic E-state index is 2.86. The highest BCUT2D eigenvalue weighted by molar-refractivity contribution is 4.92. The molecule has 2 saturated heterocycles. The second-order valence-corrected chi connectivity index (χ2v) is 6.35. The van der Waals surface area contributed by atoms with Crippen molar-refractivity contribution in [1.82, 2.24) is 9.80 Å². The van der Waals surface area contributed by atoms with E-state index in [0.29, 0.717) is 0 Å². The van der Waals surface area contributed by atoms with Gasteiger partial charge in [-0.3, -0.25) is 9.80 Å². The van der Waals surface area contributed by atoms with Crippen LogP contribution in [0.1, 0.15) is 51.9 Å². The highest BCUT2D eigenvalue weighted by Gasteiger charge is 2.36. The van der Waals surface area contributed by atoms with Gasteiger partial charge in [0.05, 0.1) is 0 Å². The molecule has 2 heterocycles. The topological polar surface area (TPSA) is 6.48 Å². The number of hydrogen-bond acceptors (Lipinski definition) is 2. The molecule has 2 aliphatic heterocycles. The Morgan fingerprint density at radius 1 is 0.882 bits per heavy atom. The second-order valence-electron chi connectivity index (χ2n) is 6.35. The first-order valence-corrected chi connectivity index (χ1v) is 7.86. The van der Waals surface area contributed by atoms with E-state index in [1.807, 2.05) is 0 Å². The van der Waals surface area contributed by atoms with Crippen molar-refractivity contribution >= 4 is 0 Å². The Morgan fingerprint density at radius 3 is 2.59 bits per heavy atom. The number of hydrogen-bond donors (Lipinski definition) is 0. The molecule has 1 aliphatic carbocycles. The van der Waals surface area contributed by atoms with E-state index in [2.05, 4.69) is 16.7 Å². The fourth-order valence-electron chi connectivity index (χ4n) is 4.46. The highest BCUT2D eigenvalue weighted by atomic mass is 15.3. The Balaban J connectivity index is 1.63. The molecule has 3 aliphatic rings. The van der Waals surface area contributed by atoms with Crippen LogP contribution in [0.5, 0.6) is 0 Å². The molecular weight excluding hydrogens is 208 g/mol. The number of nitrogens with zero attached hydrogens (tertiary/aromatic N) is 2. The summed E-state index contributed by atoms with van der Waals surface area (Å²) in [5.41, 5.74) is 0. The van der Waals surface area contributed by atoms with E-state index in [-0.39, 0.29) is 0 Å². The van der Waals surface area contributed by atoms with Gasteiger partial charge in [0.1, 0.15) is 0 Å². The second kappa shape index (κ2) is 5.27. The van der Waals surface area contributed by atoms with Gasteiger partial charge in [-0.05, 0) is 38.1 Å². The van der Waals surface area contributed by atoms with Gasteiger partial charge in [0.15, 0.2) is 0 Å². The zero-order chi connectivity index (χ0) is 11.7. The monoisotopic (exact) mass is 236 g/mol. The molecule has 0 aromatic heterocycles. The van der Waals surface area contributed by atoms with Crippen LogP contribution in [0.4, 0.5) is 0 Å². The predicted molar refractivity (Wildman–Crippen MR) is 72.2 cm³/mol. The van der Waals surface area contributed by atoms with Crippen LogP contribution in [0.2, 0.25) is 0 Å². The molecule has 0 aromatic rings. The Hall–Kier alpha value is -0.0800. The third kappa shape index (κ3) is 2.39. The Labute approximate surface area is 106 Å². The van der Waals surface area contributed by atoms with Gasteiger partial charge in [0.2, 0.25) is 0 Å². The standard InChI is InChI=1S/C15H28N2/c1-2-13-6-3-4-8-15(13)17-11-10-16-9-5-7-14(16)12-17/h13-15H,2-12H2,1H3. The van der Waals surface area contributed by atoms with Crippen molar-refractivity contribution in [1.29, 1.82) is 0 Å². The molecule has 0 spiro atoms. The van der Waals surface area contributed by atoms with Crippen LogP contribution in [0.15, 0.2) is 0 Å². The molecule has 3 unspecified atom stereocenters. The van der Waals surface area contributed by atoms with Gasteiger partial charge in [-0.25, -0.2) is 0 Å². The van der Waals surface area contributed by atoms with Crippen LogP contribution in [0, 0.1) is 5.92 Å². The zero-order valence-electron chi connectivity index (χ0n) is 11.4. The van der Waals surface area contributed by atoms with Gasteiger partial charge >= 0.3 is 0 Å². The summed E-state index contributed by atoms with van der Waals surface area (Å²) in [4.78, 5) is 5.60. The summed E-state index contributed by atoms with van der Waals surface area (Å²) in [5.74, 6) is 0.997. The molecule has 3 atom stereocenters. The Bertz CT molecular complexity index is 253. The maximum absolute atomic E-state index is 2.86. The Morgan fingerprint density at radius 2 is 1.71 bits per heavy atom. The number of rotatable bonds is 2. The van der Waals surface area contributed by atoms with Crippen LogP contribution in [-0.4, -0.2) is 48.1 Å². The van der Waals surface area contributed by atoms with Gasteiger partial charge in [-0.1, -0.05) is 26.2 Å². The van der Waals surface area contributed by atoms with Gasteiger partial charge < -0.3 is 0 Å².